The lowest BCUT2D eigenvalue weighted by atomic mass is 9.95. The van der Waals surface area contributed by atoms with Crippen molar-refractivity contribution < 1.29 is 4.79 Å². The number of unbranched alkanes of at least 4 members (excludes halogenated alkanes) is 1. The SMILES string of the molecule is CCCCNC(=NC)N1CCCC(CC(N)=O)C1. The van der Waals surface area contributed by atoms with Crippen LogP contribution in [0, 0.1) is 5.92 Å². The molecule has 1 atom stereocenters. The van der Waals surface area contributed by atoms with E-state index in [1.807, 2.05) is 7.05 Å². The van der Waals surface area contributed by atoms with E-state index in [9.17, 15) is 4.79 Å². The molecule has 0 aromatic heterocycles. The van der Waals surface area contributed by atoms with E-state index >= 15 is 0 Å². The van der Waals surface area contributed by atoms with Crippen LogP contribution in [0.5, 0.6) is 0 Å². The van der Waals surface area contributed by atoms with Crippen LogP contribution in [0.3, 0.4) is 0 Å². The zero-order valence-electron chi connectivity index (χ0n) is 11.6. The van der Waals surface area contributed by atoms with E-state index in [1.54, 1.807) is 0 Å². The van der Waals surface area contributed by atoms with Gasteiger partial charge in [0.15, 0.2) is 5.96 Å². The van der Waals surface area contributed by atoms with E-state index in [-0.39, 0.29) is 5.91 Å². The van der Waals surface area contributed by atoms with Crippen molar-refractivity contribution in [2.45, 2.75) is 39.0 Å². The monoisotopic (exact) mass is 254 g/mol. The number of nitrogens with one attached hydrogen (secondary N) is 1. The minimum Gasteiger partial charge on any atom is -0.370 e. The molecular formula is C13H26N4O. The number of hydrogen-bond acceptors (Lipinski definition) is 2. The summed E-state index contributed by atoms with van der Waals surface area (Å²) in [6.45, 7) is 5.03. The van der Waals surface area contributed by atoms with Crippen LogP contribution in [0.4, 0.5) is 0 Å². The van der Waals surface area contributed by atoms with Gasteiger partial charge in [0.2, 0.25) is 5.91 Å². The predicted octanol–water partition coefficient (Wildman–Crippen LogP) is 0.949. The highest BCUT2D eigenvalue weighted by atomic mass is 16.1. The van der Waals surface area contributed by atoms with Gasteiger partial charge in [-0.05, 0) is 25.2 Å². The smallest absolute Gasteiger partial charge is 0.217 e. The molecule has 1 heterocycles. The summed E-state index contributed by atoms with van der Waals surface area (Å²) < 4.78 is 0. The Kier molecular flexibility index (Phi) is 6.54. The molecule has 1 unspecified atom stereocenters. The van der Waals surface area contributed by atoms with Gasteiger partial charge in [-0.2, -0.15) is 0 Å². The largest absolute Gasteiger partial charge is 0.370 e. The van der Waals surface area contributed by atoms with Gasteiger partial charge < -0.3 is 16.0 Å². The topological polar surface area (TPSA) is 70.7 Å². The van der Waals surface area contributed by atoms with Crippen LogP contribution in [0.2, 0.25) is 0 Å². The number of hydrogen-bond donors (Lipinski definition) is 2. The van der Waals surface area contributed by atoms with E-state index in [4.69, 9.17) is 5.73 Å². The standard InChI is InChI=1S/C13H26N4O/c1-3-4-7-16-13(15-2)17-8-5-6-11(10-17)9-12(14)18/h11H,3-10H2,1-2H3,(H2,14,18)(H,15,16). The van der Waals surface area contributed by atoms with Crippen molar-refractivity contribution in [2.24, 2.45) is 16.6 Å². The fraction of sp³-hybridized carbons (Fsp3) is 0.846. The molecule has 1 aliphatic rings. The number of likely N-dealkylation sites (tertiary alicyclic amines) is 1. The van der Waals surface area contributed by atoms with Crippen LogP contribution < -0.4 is 11.1 Å². The van der Waals surface area contributed by atoms with Crippen LogP contribution >= 0.6 is 0 Å². The number of guanidine groups is 1. The third-order valence-electron chi connectivity index (χ3n) is 3.33. The lowest BCUT2D eigenvalue weighted by molar-refractivity contribution is -0.119. The first-order valence-electron chi connectivity index (χ1n) is 6.91. The Hall–Kier alpha value is -1.26. The van der Waals surface area contributed by atoms with Crippen LogP contribution in [0.1, 0.15) is 39.0 Å². The maximum atomic E-state index is 11.0. The van der Waals surface area contributed by atoms with Gasteiger partial charge in [0.25, 0.3) is 0 Å². The first-order valence-corrected chi connectivity index (χ1v) is 6.91. The Balaban J connectivity index is 2.45. The minimum atomic E-state index is -0.198. The normalized spacial score (nSPS) is 20.9. The molecule has 0 bridgehead atoms. The molecule has 3 N–H and O–H groups in total. The van der Waals surface area contributed by atoms with Gasteiger partial charge in [-0.15, -0.1) is 0 Å². The molecule has 5 nitrogen and oxygen atoms in total. The Morgan fingerprint density at radius 3 is 2.94 bits per heavy atom. The summed E-state index contributed by atoms with van der Waals surface area (Å²) >= 11 is 0. The van der Waals surface area contributed by atoms with Crippen LogP contribution in [0.15, 0.2) is 4.99 Å². The summed E-state index contributed by atoms with van der Waals surface area (Å²) in [6, 6.07) is 0. The van der Waals surface area contributed by atoms with Crippen molar-refractivity contribution in [1.82, 2.24) is 10.2 Å². The Labute approximate surface area is 110 Å². The Bertz CT molecular complexity index is 291. The first kappa shape index (κ1) is 14.8. The minimum absolute atomic E-state index is 0.198. The average Bonchev–Trinajstić information content (AvgIpc) is 2.34. The van der Waals surface area contributed by atoms with Crippen molar-refractivity contribution in [1.29, 1.82) is 0 Å². The maximum Gasteiger partial charge on any atom is 0.217 e. The predicted molar refractivity (Wildman–Crippen MR) is 74.4 cm³/mol. The molecule has 1 rings (SSSR count). The zero-order valence-corrected chi connectivity index (χ0v) is 11.6. The van der Waals surface area contributed by atoms with Gasteiger partial charge in [-0.3, -0.25) is 9.79 Å². The molecule has 1 saturated heterocycles. The molecule has 0 aromatic carbocycles. The Morgan fingerprint density at radius 1 is 1.56 bits per heavy atom. The third kappa shape index (κ3) is 4.94. The van der Waals surface area contributed by atoms with E-state index < -0.39 is 0 Å². The number of carbonyl (C=O) groups excluding carboxylic acids is 1. The highest BCUT2D eigenvalue weighted by Crippen LogP contribution is 2.19. The molecule has 0 radical (unpaired) electrons. The number of nitrogens with two attached hydrogens (primary N) is 1. The molecule has 1 aliphatic heterocycles. The van der Waals surface area contributed by atoms with Crippen LogP contribution in [0.25, 0.3) is 0 Å². The van der Waals surface area contributed by atoms with Crippen molar-refractivity contribution >= 4 is 11.9 Å². The molecular weight excluding hydrogens is 228 g/mol. The van der Waals surface area contributed by atoms with Gasteiger partial charge in [0, 0.05) is 33.1 Å². The summed E-state index contributed by atoms with van der Waals surface area (Å²) in [4.78, 5) is 17.5. The second kappa shape index (κ2) is 7.95. The molecule has 18 heavy (non-hydrogen) atoms. The summed E-state index contributed by atoms with van der Waals surface area (Å²) in [7, 11) is 1.81. The summed E-state index contributed by atoms with van der Waals surface area (Å²) in [5, 5.41) is 3.37. The fourth-order valence-electron chi connectivity index (χ4n) is 2.42. The molecule has 0 aromatic rings. The number of aliphatic imine (C=N–C) groups is 1. The number of rotatable bonds is 5. The lowest BCUT2D eigenvalue weighted by Gasteiger charge is -2.34. The van der Waals surface area contributed by atoms with Crippen LogP contribution in [-0.2, 0) is 4.79 Å². The molecule has 0 aliphatic carbocycles. The highest BCUT2D eigenvalue weighted by molar-refractivity contribution is 5.80. The van der Waals surface area contributed by atoms with E-state index in [0.29, 0.717) is 12.3 Å². The second-order valence-electron chi connectivity index (χ2n) is 4.95. The molecule has 104 valence electrons. The van der Waals surface area contributed by atoms with Gasteiger partial charge >= 0.3 is 0 Å². The number of carbonyl (C=O) groups is 1. The highest BCUT2D eigenvalue weighted by Gasteiger charge is 2.23. The fourth-order valence-corrected chi connectivity index (χ4v) is 2.42. The zero-order chi connectivity index (χ0) is 13.4. The van der Waals surface area contributed by atoms with Gasteiger partial charge in [-0.25, -0.2) is 0 Å². The van der Waals surface area contributed by atoms with Gasteiger partial charge in [0.05, 0.1) is 0 Å². The number of piperidine rings is 1. The molecule has 1 fully saturated rings. The molecule has 0 spiro atoms. The first-order chi connectivity index (χ1) is 8.67. The number of primary amides is 1. The van der Waals surface area contributed by atoms with E-state index in [2.05, 4.69) is 22.1 Å². The third-order valence-corrected chi connectivity index (χ3v) is 3.33. The molecule has 1 amide bonds. The summed E-state index contributed by atoms with van der Waals surface area (Å²) in [5.74, 6) is 1.13. The Morgan fingerprint density at radius 2 is 2.33 bits per heavy atom. The number of nitrogens with zero attached hydrogens (tertiary/aromatic N) is 2. The summed E-state index contributed by atoms with van der Waals surface area (Å²) in [6.07, 6.45) is 5.01. The van der Waals surface area contributed by atoms with E-state index in [1.165, 1.54) is 6.42 Å². The quantitative estimate of drug-likeness (QED) is 0.436. The van der Waals surface area contributed by atoms with Crippen molar-refractivity contribution in [2.75, 3.05) is 26.7 Å². The molecule has 5 heteroatoms. The lowest BCUT2D eigenvalue weighted by Crippen LogP contribution is -2.47. The molecule has 0 saturated carbocycles. The van der Waals surface area contributed by atoms with Gasteiger partial charge in [-0.1, -0.05) is 13.3 Å². The van der Waals surface area contributed by atoms with Crippen molar-refractivity contribution in [3.8, 4) is 0 Å². The summed E-state index contributed by atoms with van der Waals surface area (Å²) in [5.41, 5.74) is 5.27. The van der Waals surface area contributed by atoms with Crippen molar-refractivity contribution in [3.63, 3.8) is 0 Å². The van der Waals surface area contributed by atoms with Gasteiger partial charge in [0.1, 0.15) is 0 Å². The number of amides is 1. The van der Waals surface area contributed by atoms with E-state index in [0.717, 1.165) is 44.9 Å². The average molecular weight is 254 g/mol. The second-order valence-corrected chi connectivity index (χ2v) is 4.95. The van der Waals surface area contributed by atoms with Crippen LogP contribution in [-0.4, -0.2) is 43.4 Å². The van der Waals surface area contributed by atoms with Crippen molar-refractivity contribution in [3.05, 3.63) is 0 Å². The maximum absolute atomic E-state index is 11.0.